The van der Waals surface area contributed by atoms with Crippen LogP contribution < -0.4 is 11.2 Å². The Hall–Kier alpha value is -3.75. The number of pyridine rings is 1. The zero-order chi connectivity index (χ0) is 17.8. The van der Waals surface area contributed by atoms with Crippen LogP contribution in [-0.2, 0) is 11.3 Å². The zero-order valence-corrected chi connectivity index (χ0v) is 13.0. The molecule has 0 aliphatic rings. The maximum absolute atomic E-state index is 11.2. The van der Waals surface area contributed by atoms with Gasteiger partial charge in [0, 0.05) is 28.7 Å². The highest BCUT2D eigenvalue weighted by atomic mass is 16.6. The number of amides is 1. The van der Waals surface area contributed by atoms with Crippen LogP contribution in [-0.4, -0.2) is 26.6 Å². The van der Waals surface area contributed by atoms with Crippen LogP contribution in [0.4, 0.5) is 11.5 Å². The van der Waals surface area contributed by atoms with E-state index in [2.05, 4.69) is 15.5 Å². The number of hydrogen-bond donors (Lipinski definition) is 2. The molecule has 0 atom stereocenters. The zero-order valence-electron chi connectivity index (χ0n) is 13.0. The lowest BCUT2D eigenvalue weighted by Crippen LogP contribution is -2.17. The summed E-state index contributed by atoms with van der Waals surface area (Å²) in [5.41, 5.74) is 9.56. The Bertz CT molecular complexity index is 962. The molecule has 3 rings (SSSR count). The highest BCUT2D eigenvalue weighted by Gasteiger charge is 2.08. The number of nitrogens with one attached hydrogen (secondary N) is 1. The van der Waals surface area contributed by atoms with Crippen molar-refractivity contribution >= 4 is 34.5 Å². The maximum atomic E-state index is 11.2. The molecule has 2 aromatic heterocycles. The van der Waals surface area contributed by atoms with Crippen molar-refractivity contribution in [2.24, 2.45) is 10.8 Å². The minimum absolute atomic E-state index is 0.0751. The SMILES string of the molecule is NC(=O)Cn1cc(C=NNc2ccc([N+](=O)[O-])cn2)c2ccccc21. The number of carbonyl (C=O) groups is 1. The minimum atomic E-state index is -0.520. The Morgan fingerprint density at radius 3 is 2.84 bits per heavy atom. The lowest BCUT2D eigenvalue weighted by Gasteiger charge is -2.00. The van der Waals surface area contributed by atoms with Crippen LogP contribution in [0.25, 0.3) is 10.9 Å². The van der Waals surface area contributed by atoms with E-state index in [1.165, 1.54) is 12.1 Å². The van der Waals surface area contributed by atoms with Crippen molar-refractivity contribution in [1.29, 1.82) is 0 Å². The summed E-state index contributed by atoms with van der Waals surface area (Å²) in [5.74, 6) is -0.0554. The molecule has 9 nitrogen and oxygen atoms in total. The fourth-order valence-corrected chi connectivity index (χ4v) is 2.40. The number of benzene rings is 1. The first-order valence-electron chi connectivity index (χ1n) is 7.30. The second kappa shape index (κ2) is 6.79. The van der Waals surface area contributed by atoms with Crippen molar-refractivity contribution in [2.75, 3.05) is 5.43 Å². The Labute approximate surface area is 141 Å². The van der Waals surface area contributed by atoms with E-state index in [1.54, 1.807) is 17.0 Å². The van der Waals surface area contributed by atoms with Gasteiger partial charge in [-0.2, -0.15) is 5.10 Å². The third-order valence-corrected chi connectivity index (χ3v) is 3.49. The molecule has 3 aromatic rings. The number of fused-ring (bicyclic) bond motifs is 1. The maximum Gasteiger partial charge on any atom is 0.287 e. The first kappa shape index (κ1) is 16.1. The summed E-state index contributed by atoms with van der Waals surface area (Å²) in [5, 5.41) is 15.6. The number of nitrogens with two attached hydrogens (primary N) is 1. The van der Waals surface area contributed by atoms with Gasteiger partial charge in [0.1, 0.15) is 18.6 Å². The summed E-state index contributed by atoms with van der Waals surface area (Å²) >= 11 is 0. The number of carbonyl (C=O) groups excluding carboxylic acids is 1. The Balaban J connectivity index is 1.81. The van der Waals surface area contributed by atoms with Crippen LogP contribution in [0.3, 0.4) is 0 Å². The number of para-hydroxylation sites is 1. The molecule has 1 amide bonds. The molecular formula is C16H14N6O3. The number of anilines is 1. The van der Waals surface area contributed by atoms with Gasteiger partial charge in [0.05, 0.1) is 11.1 Å². The van der Waals surface area contributed by atoms with Gasteiger partial charge in [-0.1, -0.05) is 18.2 Å². The minimum Gasteiger partial charge on any atom is -0.368 e. The monoisotopic (exact) mass is 338 g/mol. The Kier molecular flexibility index (Phi) is 4.38. The second-order valence-electron chi connectivity index (χ2n) is 5.22. The van der Waals surface area contributed by atoms with Gasteiger partial charge >= 0.3 is 0 Å². The van der Waals surface area contributed by atoms with E-state index in [0.717, 1.165) is 22.7 Å². The molecule has 1 aromatic carbocycles. The average Bonchev–Trinajstić information content (AvgIpc) is 2.93. The van der Waals surface area contributed by atoms with E-state index in [0.29, 0.717) is 5.82 Å². The topological polar surface area (TPSA) is 128 Å². The van der Waals surface area contributed by atoms with Crippen LogP contribution in [0.1, 0.15) is 5.56 Å². The van der Waals surface area contributed by atoms with Gasteiger partial charge in [0.25, 0.3) is 5.69 Å². The second-order valence-corrected chi connectivity index (χ2v) is 5.22. The van der Waals surface area contributed by atoms with Crippen molar-refractivity contribution in [3.63, 3.8) is 0 Å². The van der Waals surface area contributed by atoms with Gasteiger partial charge in [-0.05, 0) is 12.1 Å². The van der Waals surface area contributed by atoms with E-state index < -0.39 is 10.8 Å². The van der Waals surface area contributed by atoms with Crippen molar-refractivity contribution < 1.29 is 9.72 Å². The fourth-order valence-electron chi connectivity index (χ4n) is 2.40. The van der Waals surface area contributed by atoms with Gasteiger partial charge in [-0.3, -0.25) is 20.3 Å². The van der Waals surface area contributed by atoms with Gasteiger partial charge in [0.2, 0.25) is 5.91 Å². The highest BCUT2D eigenvalue weighted by Crippen LogP contribution is 2.20. The van der Waals surface area contributed by atoms with Crippen LogP contribution >= 0.6 is 0 Å². The summed E-state index contributed by atoms with van der Waals surface area (Å²) < 4.78 is 1.75. The summed E-state index contributed by atoms with van der Waals surface area (Å²) in [6, 6.07) is 10.4. The molecule has 25 heavy (non-hydrogen) atoms. The predicted molar refractivity (Wildman–Crippen MR) is 93.2 cm³/mol. The molecule has 0 unspecified atom stereocenters. The van der Waals surface area contributed by atoms with Crippen molar-refractivity contribution in [3.05, 3.63) is 64.5 Å². The van der Waals surface area contributed by atoms with E-state index in [9.17, 15) is 14.9 Å². The highest BCUT2D eigenvalue weighted by molar-refractivity contribution is 6.00. The lowest BCUT2D eigenvalue weighted by molar-refractivity contribution is -0.385. The smallest absolute Gasteiger partial charge is 0.287 e. The number of rotatable bonds is 6. The molecule has 0 spiro atoms. The first-order chi connectivity index (χ1) is 12.0. The Morgan fingerprint density at radius 1 is 1.36 bits per heavy atom. The fraction of sp³-hybridized carbons (Fsp3) is 0.0625. The third kappa shape index (κ3) is 3.61. The molecule has 0 fully saturated rings. The molecule has 2 heterocycles. The van der Waals surface area contributed by atoms with E-state index >= 15 is 0 Å². The van der Waals surface area contributed by atoms with Gasteiger partial charge < -0.3 is 10.3 Å². The Morgan fingerprint density at radius 2 is 2.16 bits per heavy atom. The number of aromatic nitrogens is 2. The largest absolute Gasteiger partial charge is 0.368 e. The summed E-state index contributed by atoms with van der Waals surface area (Å²) in [4.78, 5) is 25.2. The van der Waals surface area contributed by atoms with E-state index in [4.69, 9.17) is 5.73 Å². The molecule has 0 aliphatic heterocycles. The van der Waals surface area contributed by atoms with Crippen molar-refractivity contribution in [2.45, 2.75) is 6.54 Å². The lowest BCUT2D eigenvalue weighted by atomic mass is 10.2. The normalized spacial score (nSPS) is 11.0. The molecule has 0 aliphatic carbocycles. The molecule has 0 saturated carbocycles. The van der Waals surface area contributed by atoms with Crippen molar-refractivity contribution in [1.82, 2.24) is 9.55 Å². The standard InChI is InChI=1S/C16H14N6O3/c17-15(23)10-21-9-11(13-3-1-2-4-14(13)21)7-19-20-16-6-5-12(8-18-16)22(24)25/h1-9H,10H2,(H2,17,23)(H,18,20). The summed E-state index contributed by atoms with van der Waals surface area (Å²) in [7, 11) is 0. The van der Waals surface area contributed by atoms with Crippen LogP contribution in [0.5, 0.6) is 0 Å². The summed E-state index contributed by atoms with van der Waals surface area (Å²) in [6.07, 6.45) is 4.52. The number of primary amides is 1. The number of hydrazone groups is 1. The van der Waals surface area contributed by atoms with E-state index in [1.807, 2.05) is 24.3 Å². The molecule has 3 N–H and O–H groups in total. The number of nitro groups is 1. The van der Waals surface area contributed by atoms with Gasteiger partial charge in [-0.15, -0.1) is 0 Å². The van der Waals surface area contributed by atoms with Gasteiger partial charge in [-0.25, -0.2) is 4.98 Å². The van der Waals surface area contributed by atoms with Crippen molar-refractivity contribution in [3.8, 4) is 0 Å². The molecular weight excluding hydrogens is 324 g/mol. The molecule has 0 saturated heterocycles. The molecule has 0 bridgehead atoms. The molecule has 126 valence electrons. The number of nitrogens with zero attached hydrogens (tertiary/aromatic N) is 4. The number of hydrogen-bond acceptors (Lipinski definition) is 6. The summed E-state index contributed by atoms with van der Waals surface area (Å²) in [6.45, 7) is 0.0751. The third-order valence-electron chi connectivity index (χ3n) is 3.49. The van der Waals surface area contributed by atoms with E-state index in [-0.39, 0.29) is 12.2 Å². The average molecular weight is 338 g/mol. The quantitative estimate of drug-likeness (QED) is 0.403. The molecule has 0 radical (unpaired) electrons. The van der Waals surface area contributed by atoms with Gasteiger partial charge in [0.15, 0.2) is 0 Å². The predicted octanol–water partition coefficient (Wildman–Crippen LogP) is 1.88. The van der Waals surface area contributed by atoms with Crippen LogP contribution in [0.2, 0.25) is 0 Å². The van der Waals surface area contributed by atoms with Crippen LogP contribution in [0.15, 0.2) is 53.9 Å². The molecule has 9 heteroatoms. The first-order valence-corrected chi connectivity index (χ1v) is 7.30. The van der Waals surface area contributed by atoms with Crippen LogP contribution in [0, 0.1) is 10.1 Å².